The average Bonchev–Trinajstić information content (AvgIpc) is 2.84. The normalized spacial score (nSPS) is 38.9. The van der Waals surface area contributed by atoms with E-state index in [-0.39, 0.29) is 5.82 Å². The minimum absolute atomic E-state index is 0.0420. The van der Waals surface area contributed by atoms with E-state index in [4.69, 9.17) is 0 Å². The molecule has 0 amide bonds. The van der Waals surface area contributed by atoms with Crippen LogP contribution < -0.4 is 5.32 Å². The fourth-order valence-electron chi connectivity index (χ4n) is 5.58. The molecule has 0 aromatic heterocycles. The minimum atomic E-state index is -0.0420. The van der Waals surface area contributed by atoms with Crippen molar-refractivity contribution in [3.8, 4) is 0 Å². The second-order valence-corrected chi connectivity index (χ2v) is 7.30. The van der Waals surface area contributed by atoms with Gasteiger partial charge in [0.05, 0.1) is 0 Å². The summed E-state index contributed by atoms with van der Waals surface area (Å²) in [7, 11) is 2.06. The van der Waals surface area contributed by atoms with E-state index in [1.807, 2.05) is 13.8 Å². The minimum Gasteiger partial charge on any atom is -0.313 e. The van der Waals surface area contributed by atoms with E-state index in [9.17, 15) is 4.39 Å². The fourth-order valence-corrected chi connectivity index (χ4v) is 5.58. The number of rotatable bonds is 3. The highest BCUT2D eigenvalue weighted by atomic mass is 19.1. The first kappa shape index (κ1) is 12.8. The third kappa shape index (κ3) is 1.64. The van der Waals surface area contributed by atoms with Crippen LogP contribution in [-0.2, 0) is 0 Å². The third-order valence-electron chi connectivity index (χ3n) is 6.31. The van der Waals surface area contributed by atoms with Crippen LogP contribution in [0.2, 0.25) is 0 Å². The standard InChI is InChI=1S/C18H24FN/c1-9-6-13(7-10(2)17(9)19)18(20-3)16-14-11-4-5-12(8-11)15(14)16/h6-7,11-12,14-16,18,20H,4-5,8H2,1-3H3. The second kappa shape index (κ2) is 4.30. The highest BCUT2D eigenvalue weighted by Crippen LogP contribution is 2.72. The molecule has 3 aliphatic rings. The molecule has 20 heavy (non-hydrogen) atoms. The first-order chi connectivity index (χ1) is 9.61. The van der Waals surface area contributed by atoms with Crippen molar-refractivity contribution < 1.29 is 4.39 Å². The first-order valence-corrected chi connectivity index (χ1v) is 8.05. The molecule has 108 valence electrons. The summed E-state index contributed by atoms with van der Waals surface area (Å²) in [5.74, 6) is 4.66. The van der Waals surface area contributed by atoms with Gasteiger partial charge < -0.3 is 5.32 Å². The third-order valence-corrected chi connectivity index (χ3v) is 6.31. The summed E-state index contributed by atoms with van der Waals surface area (Å²) in [5, 5.41) is 3.53. The average molecular weight is 273 g/mol. The van der Waals surface area contributed by atoms with E-state index in [0.717, 1.165) is 40.7 Å². The van der Waals surface area contributed by atoms with Gasteiger partial charge in [0.2, 0.25) is 0 Å². The topological polar surface area (TPSA) is 12.0 Å². The Bertz CT molecular complexity index is 513. The van der Waals surface area contributed by atoms with Gasteiger partial charge in [-0.2, -0.15) is 0 Å². The van der Waals surface area contributed by atoms with Crippen molar-refractivity contribution in [3.05, 3.63) is 34.6 Å². The van der Waals surface area contributed by atoms with E-state index in [1.165, 1.54) is 24.8 Å². The van der Waals surface area contributed by atoms with Gasteiger partial charge in [-0.3, -0.25) is 0 Å². The molecular weight excluding hydrogens is 249 g/mol. The van der Waals surface area contributed by atoms with Crippen molar-refractivity contribution in [2.45, 2.75) is 39.2 Å². The first-order valence-electron chi connectivity index (χ1n) is 8.05. The van der Waals surface area contributed by atoms with E-state index in [2.05, 4.69) is 24.5 Å². The number of hydrogen-bond acceptors (Lipinski definition) is 1. The van der Waals surface area contributed by atoms with Crippen LogP contribution in [0.25, 0.3) is 0 Å². The summed E-state index contributed by atoms with van der Waals surface area (Å²) in [6.07, 6.45) is 4.41. The van der Waals surface area contributed by atoms with Crippen molar-refractivity contribution in [3.63, 3.8) is 0 Å². The number of fused-ring (bicyclic) bond motifs is 5. The van der Waals surface area contributed by atoms with Crippen LogP contribution >= 0.6 is 0 Å². The zero-order valence-corrected chi connectivity index (χ0v) is 12.6. The largest absolute Gasteiger partial charge is 0.313 e. The molecule has 1 aromatic carbocycles. The van der Waals surface area contributed by atoms with Crippen LogP contribution in [-0.4, -0.2) is 7.05 Å². The predicted octanol–water partition coefficient (Wildman–Crippen LogP) is 4.00. The molecule has 5 unspecified atom stereocenters. The zero-order chi connectivity index (χ0) is 14.0. The summed E-state index contributed by atoms with van der Waals surface area (Å²) < 4.78 is 13.8. The molecule has 2 bridgehead atoms. The van der Waals surface area contributed by atoms with Gasteiger partial charge >= 0.3 is 0 Å². The number of halogens is 1. The molecule has 0 spiro atoms. The van der Waals surface area contributed by atoms with Gasteiger partial charge in [-0.1, -0.05) is 12.1 Å². The van der Waals surface area contributed by atoms with Crippen LogP contribution in [0.3, 0.4) is 0 Å². The summed E-state index contributed by atoms with van der Waals surface area (Å²) >= 11 is 0. The van der Waals surface area contributed by atoms with Gasteiger partial charge in [0, 0.05) is 6.04 Å². The molecule has 5 atom stereocenters. The molecule has 0 saturated heterocycles. The summed E-state index contributed by atoms with van der Waals surface area (Å²) in [6.45, 7) is 3.77. The Morgan fingerprint density at radius 2 is 1.65 bits per heavy atom. The quantitative estimate of drug-likeness (QED) is 0.878. The monoisotopic (exact) mass is 273 g/mol. The molecule has 0 aliphatic heterocycles. The molecule has 4 rings (SSSR count). The van der Waals surface area contributed by atoms with Crippen molar-refractivity contribution in [1.29, 1.82) is 0 Å². The maximum atomic E-state index is 13.8. The predicted molar refractivity (Wildman–Crippen MR) is 79.0 cm³/mol. The molecule has 2 heteroatoms. The van der Waals surface area contributed by atoms with Crippen molar-refractivity contribution in [2.75, 3.05) is 7.05 Å². The maximum Gasteiger partial charge on any atom is 0.129 e. The molecule has 1 N–H and O–H groups in total. The van der Waals surface area contributed by atoms with Crippen LogP contribution in [0.15, 0.2) is 12.1 Å². The SMILES string of the molecule is CNC(c1cc(C)c(F)c(C)c1)C1C2C3CCC(C3)C21. The number of hydrogen-bond donors (Lipinski definition) is 1. The Kier molecular flexibility index (Phi) is 2.76. The molecular formula is C18H24FN. The van der Waals surface area contributed by atoms with Crippen LogP contribution in [0.1, 0.15) is 42.0 Å². The number of aryl methyl sites for hydroxylation is 2. The van der Waals surface area contributed by atoms with E-state index in [1.54, 1.807) is 0 Å². The molecule has 3 aliphatic carbocycles. The zero-order valence-electron chi connectivity index (χ0n) is 12.6. The lowest BCUT2D eigenvalue weighted by atomic mass is 9.91. The lowest BCUT2D eigenvalue weighted by Crippen LogP contribution is -2.22. The summed E-state index contributed by atoms with van der Waals surface area (Å²) in [5.41, 5.74) is 2.87. The van der Waals surface area contributed by atoms with E-state index >= 15 is 0 Å². The Morgan fingerprint density at radius 3 is 2.15 bits per heavy atom. The smallest absolute Gasteiger partial charge is 0.129 e. The van der Waals surface area contributed by atoms with Crippen molar-refractivity contribution >= 4 is 0 Å². The Morgan fingerprint density at radius 1 is 1.10 bits per heavy atom. The van der Waals surface area contributed by atoms with Gasteiger partial charge in [0.15, 0.2) is 0 Å². The number of benzene rings is 1. The Hall–Kier alpha value is -0.890. The highest BCUT2D eigenvalue weighted by Gasteiger charge is 2.66. The van der Waals surface area contributed by atoms with Crippen LogP contribution in [0, 0.1) is 49.3 Å². The number of nitrogens with one attached hydrogen (secondary N) is 1. The summed E-state index contributed by atoms with van der Waals surface area (Å²) in [4.78, 5) is 0. The molecule has 3 fully saturated rings. The Labute approximate surface area is 121 Å². The summed E-state index contributed by atoms with van der Waals surface area (Å²) in [6, 6.07) is 4.53. The molecule has 3 saturated carbocycles. The van der Waals surface area contributed by atoms with Gasteiger partial charge in [-0.05, 0) is 86.4 Å². The van der Waals surface area contributed by atoms with Crippen molar-refractivity contribution in [2.24, 2.45) is 29.6 Å². The van der Waals surface area contributed by atoms with Gasteiger partial charge in [-0.15, -0.1) is 0 Å². The van der Waals surface area contributed by atoms with Crippen molar-refractivity contribution in [1.82, 2.24) is 5.32 Å². The fraction of sp³-hybridized carbons (Fsp3) is 0.667. The Balaban J connectivity index is 1.64. The molecule has 1 aromatic rings. The second-order valence-electron chi connectivity index (χ2n) is 7.30. The van der Waals surface area contributed by atoms with Crippen LogP contribution in [0.4, 0.5) is 4.39 Å². The van der Waals surface area contributed by atoms with E-state index < -0.39 is 0 Å². The molecule has 1 nitrogen and oxygen atoms in total. The highest BCUT2D eigenvalue weighted by molar-refractivity contribution is 5.34. The molecule has 0 radical (unpaired) electrons. The lowest BCUT2D eigenvalue weighted by molar-refractivity contribution is 0.385. The van der Waals surface area contributed by atoms with Gasteiger partial charge in [-0.25, -0.2) is 4.39 Å². The van der Waals surface area contributed by atoms with Gasteiger partial charge in [0.1, 0.15) is 5.82 Å². The maximum absolute atomic E-state index is 13.8. The van der Waals surface area contributed by atoms with Gasteiger partial charge in [0.25, 0.3) is 0 Å². The van der Waals surface area contributed by atoms with E-state index in [0.29, 0.717) is 6.04 Å². The molecule has 0 heterocycles. The van der Waals surface area contributed by atoms with Crippen LogP contribution in [0.5, 0.6) is 0 Å². The lowest BCUT2D eigenvalue weighted by Gasteiger charge is -2.21.